The topological polar surface area (TPSA) is 55.6 Å². The summed E-state index contributed by atoms with van der Waals surface area (Å²) in [7, 11) is 3.85. The third-order valence-corrected chi connectivity index (χ3v) is 4.20. The van der Waals surface area contributed by atoms with Gasteiger partial charge in [-0.1, -0.05) is 6.92 Å². The Kier molecular flexibility index (Phi) is 4.65. The molecule has 20 heavy (non-hydrogen) atoms. The van der Waals surface area contributed by atoms with Crippen LogP contribution >= 0.6 is 11.8 Å². The number of nitrogens with one attached hydrogen (secondary N) is 1. The molecule has 108 valence electrons. The molecule has 1 N–H and O–H groups in total. The molecule has 0 atom stereocenters. The zero-order chi connectivity index (χ0) is 14.7. The van der Waals surface area contributed by atoms with Gasteiger partial charge in [0.25, 0.3) is 0 Å². The lowest BCUT2D eigenvalue weighted by Crippen LogP contribution is -2.05. The zero-order valence-electron chi connectivity index (χ0n) is 12.7. The van der Waals surface area contributed by atoms with E-state index in [9.17, 15) is 0 Å². The van der Waals surface area contributed by atoms with E-state index in [-0.39, 0.29) is 0 Å². The summed E-state index contributed by atoms with van der Waals surface area (Å²) in [5.74, 6) is 1.80. The predicted molar refractivity (Wildman–Crippen MR) is 82.4 cm³/mol. The summed E-state index contributed by atoms with van der Waals surface area (Å²) in [5.41, 5.74) is 2.10. The fourth-order valence-corrected chi connectivity index (χ4v) is 3.00. The molecule has 0 fully saturated rings. The van der Waals surface area contributed by atoms with Crippen LogP contribution in [0.25, 0.3) is 0 Å². The quantitative estimate of drug-likeness (QED) is 0.858. The molecule has 2 aromatic heterocycles. The number of hydrogen-bond donors (Lipinski definition) is 1. The van der Waals surface area contributed by atoms with Crippen LogP contribution in [0.2, 0.25) is 0 Å². The molecular formula is C14H21N5S. The number of rotatable bonds is 5. The van der Waals surface area contributed by atoms with Crippen molar-refractivity contribution in [1.29, 1.82) is 0 Å². The van der Waals surface area contributed by atoms with Crippen LogP contribution in [0, 0.1) is 13.8 Å². The highest BCUT2D eigenvalue weighted by atomic mass is 32.2. The minimum absolute atomic E-state index is 0.892. The van der Waals surface area contributed by atoms with E-state index in [1.165, 1.54) is 0 Å². The van der Waals surface area contributed by atoms with Crippen molar-refractivity contribution < 1.29 is 0 Å². The number of nitrogens with zero attached hydrogens (tertiary/aromatic N) is 4. The van der Waals surface area contributed by atoms with Crippen molar-refractivity contribution in [1.82, 2.24) is 19.7 Å². The minimum atomic E-state index is 0.892. The maximum atomic E-state index is 4.69. The lowest BCUT2D eigenvalue weighted by Gasteiger charge is -2.11. The Morgan fingerprint density at radius 1 is 1.30 bits per heavy atom. The monoisotopic (exact) mass is 291 g/mol. The third-order valence-electron chi connectivity index (χ3n) is 3.02. The summed E-state index contributed by atoms with van der Waals surface area (Å²) < 4.78 is 1.89. The summed E-state index contributed by atoms with van der Waals surface area (Å²) in [5, 5.41) is 9.62. The molecule has 0 radical (unpaired) electrons. The summed E-state index contributed by atoms with van der Waals surface area (Å²) in [6, 6.07) is 2.07. The van der Waals surface area contributed by atoms with Crippen molar-refractivity contribution >= 4 is 17.6 Å². The molecule has 0 spiro atoms. The summed E-state index contributed by atoms with van der Waals surface area (Å²) in [6.07, 6.45) is 1.94. The molecular weight excluding hydrogens is 270 g/mol. The van der Waals surface area contributed by atoms with Gasteiger partial charge in [0.15, 0.2) is 0 Å². The van der Waals surface area contributed by atoms with Gasteiger partial charge in [0, 0.05) is 26.1 Å². The SMILES string of the molecule is CCCc1nc(NC)c(C)c(Sc2cc(C)nn2C)n1. The molecule has 2 heterocycles. The Morgan fingerprint density at radius 2 is 2.05 bits per heavy atom. The Morgan fingerprint density at radius 3 is 2.60 bits per heavy atom. The van der Waals surface area contributed by atoms with Gasteiger partial charge in [-0.15, -0.1) is 0 Å². The Labute approximate surface area is 124 Å². The van der Waals surface area contributed by atoms with Gasteiger partial charge in [0.05, 0.1) is 5.69 Å². The lowest BCUT2D eigenvalue weighted by molar-refractivity contribution is 0.691. The van der Waals surface area contributed by atoms with Gasteiger partial charge in [-0.05, 0) is 38.1 Å². The van der Waals surface area contributed by atoms with Crippen LogP contribution in [-0.4, -0.2) is 26.8 Å². The van der Waals surface area contributed by atoms with Crippen LogP contribution in [0.4, 0.5) is 5.82 Å². The number of anilines is 1. The maximum Gasteiger partial charge on any atom is 0.133 e. The van der Waals surface area contributed by atoms with Crippen LogP contribution < -0.4 is 5.32 Å². The van der Waals surface area contributed by atoms with Crippen molar-refractivity contribution in [3.63, 3.8) is 0 Å². The van der Waals surface area contributed by atoms with Gasteiger partial charge >= 0.3 is 0 Å². The van der Waals surface area contributed by atoms with Crippen molar-refractivity contribution in [3.8, 4) is 0 Å². The molecule has 2 aromatic rings. The highest BCUT2D eigenvalue weighted by Crippen LogP contribution is 2.31. The van der Waals surface area contributed by atoms with E-state index < -0.39 is 0 Å². The zero-order valence-corrected chi connectivity index (χ0v) is 13.5. The van der Waals surface area contributed by atoms with Gasteiger partial charge in [-0.25, -0.2) is 9.97 Å². The van der Waals surface area contributed by atoms with Crippen LogP contribution in [0.3, 0.4) is 0 Å². The molecule has 0 unspecified atom stereocenters. The summed E-state index contributed by atoms with van der Waals surface area (Å²) in [4.78, 5) is 9.24. The van der Waals surface area contributed by atoms with Crippen LogP contribution in [-0.2, 0) is 13.5 Å². The molecule has 0 saturated heterocycles. The van der Waals surface area contributed by atoms with Crippen LogP contribution in [0.1, 0.15) is 30.4 Å². The number of aromatic nitrogens is 4. The van der Waals surface area contributed by atoms with Crippen LogP contribution in [0.15, 0.2) is 16.1 Å². The molecule has 0 aromatic carbocycles. The van der Waals surface area contributed by atoms with Crippen molar-refractivity contribution in [2.45, 2.75) is 43.7 Å². The fourth-order valence-electron chi connectivity index (χ4n) is 2.00. The van der Waals surface area contributed by atoms with E-state index in [2.05, 4.69) is 33.4 Å². The number of hydrogen-bond acceptors (Lipinski definition) is 5. The average molecular weight is 291 g/mol. The first kappa shape index (κ1) is 14.8. The average Bonchev–Trinajstić information content (AvgIpc) is 2.72. The molecule has 0 aliphatic heterocycles. The van der Waals surface area contributed by atoms with E-state index in [1.807, 2.05) is 32.6 Å². The van der Waals surface area contributed by atoms with Crippen molar-refractivity contribution in [2.75, 3.05) is 12.4 Å². The van der Waals surface area contributed by atoms with E-state index in [0.717, 1.165) is 45.8 Å². The first-order chi connectivity index (χ1) is 9.55. The summed E-state index contributed by atoms with van der Waals surface area (Å²) >= 11 is 1.64. The molecule has 0 aliphatic rings. The second-order valence-electron chi connectivity index (χ2n) is 4.77. The lowest BCUT2D eigenvalue weighted by atomic mass is 10.3. The van der Waals surface area contributed by atoms with E-state index in [4.69, 9.17) is 0 Å². The van der Waals surface area contributed by atoms with E-state index in [0.29, 0.717) is 0 Å². The predicted octanol–water partition coefficient (Wildman–Crippen LogP) is 2.97. The van der Waals surface area contributed by atoms with Crippen molar-refractivity contribution in [2.24, 2.45) is 7.05 Å². The molecule has 0 aliphatic carbocycles. The molecule has 0 saturated carbocycles. The van der Waals surface area contributed by atoms with Gasteiger partial charge in [-0.2, -0.15) is 5.10 Å². The Balaban J connectivity index is 2.39. The molecule has 2 rings (SSSR count). The number of aryl methyl sites for hydroxylation is 3. The second-order valence-corrected chi connectivity index (χ2v) is 5.78. The minimum Gasteiger partial charge on any atom is -0.373 e. The second kappa shape index (κ2) is 6.26. The largest absolute Gasteiger partial charge is 0.373 e. The van der Waals surface area contributed by atoms with Gasteiger partial charge in [0.1, 0.15) is 21.7 Å². The van der Waals surface area contributed by atoms with E-state index in [1.54, 1.807) is 11.8 Å². The van der Waals surface area contributed by atoms with Crippen molar-refractivity contribution in [3.05, 3.63) is 23.1 Å². The third kappa shape index (κ3) is 3.12. The molecule has 0 amide bonds. The highest BCUT2D eigenvalue weighted by molar-refractivity contribution is 7.99. The molecule has 0 bridgehead atoms. The Bertz CT molecular complexity index is 606. The first-order valence-electron chi connectivity index (χ1n) is 6.79. The van der Waals surface area contributed by atoms with Crippen LogP contribution in [0.5, 0.6) is 0 Å². The highest BCUT2D eigenvalue weighted by Gasteiger charge is 2.13. The molecule has 6 heteroatoms. The van der Waals surface area contributed by atoms with Gasteiger partial charge in [-0.3, -0.25) is 4.68 Å². The smallest absolute Gasteiger partial charge is 0.133 e. The first-order valence-corrected chi connectivity index (χ1v) is 7.60. The Hall–Kier alpha value is -1.56. The fraction of sp³-hybridized carbons (Fsp3) is 0.500. The molecule has 5 nitrogen and oxygen atoms in total. The normalized spacial score (nSPS) is 10.8. The standard InChI is InChI=1S/C14H21N5S/c1-6-7-11-16-13(15-4)10(3)14(17-11)20-12-8-9(2)18-19(12)5/h8H,6-7H2,1-5H3,(H,15,16,17). The summed E-state index contributed by atoms with van der Waals surface area (Å²) in [6.45, 7) is 6.19. The van der Waals surface area contributed by atoms with Gasteiger partial charge < -0.3 is 5.32 Å². The van der Waals surface area contributed by atoms with E-state index >= 15 is 0 Å². The maximum absolute atomic E-state index is 4.69. The van der Waals surface area contributed by atoms with Gasteiger partial charge in [0.2, 0.25) is 0 Å².